The summed E-state index contributed by atoms with van der Waals surface area (Å²) in [5.74, 6) is -0.412. The molecule has 1 spiro atoms. The Morgan fingerprint density at radius 2 is 1.84 bits per heavy atom. The first-order valence-corrected chi connectivity index (χ1v) is 6.40. The zero-order chi connectivity index (χ0) is 13.3. The average Bonchev–Trinajstić information content (AvgIpc) is 2.88. The fourth-order valence-corrected chi connectivity index (χ4v) is 2.63. The summed E-state index contributed by atoms with van der Waals surface area (Å²) in [5, 5.41) is 10.6. The number of hydrogen-bond acceptors (Lipinski definition) is 4. The SMILES string of the molecule is O=[N+]([O-])c1ccc(C2=CCC3(CC2)OCCO3)cc1. The molecule has 5 nitrogen and oxygen atoms in total. The second-order valence-corrected chi connectivity index (χ2v) is 4.85. The van der Waals surface area contributed by atoms with E-state index in [-0.39, 0.29) is 10.6 Å². The molecule has 1 aliphatic carbocycles. The third kappa shape index (κ3) is 2.39. The molecule has 3 rings (SSSR count). The lowest BCUT2D eigenvalue weighted by Crippen LogP contribution is -2.31. The summed E-state index contributed by atoms with van der Waals surface area (Å²) >= 11 is 0. The molecule has 5 heteroatoms. The van der Waals surface area contributed by atoms with Crippen molar-refractivity contribution in [2.24, 2.45) is 0 Å². The Hall–Kier alpha value is -1.72. The maximum Gasteiger partial charge on any atom is 0.269 e. The van der Waals surface area contributed by atoms with Crippen LogP contribution in [0.4, 0.5) is 5.69 Å². The van der Waals surface area contributed by atoms with E-state index in [0.717, 1.165) is 24.8 Å². The van der Waals surface area contributed by atoms with E-state index < -0.39 is 5.79 Å². The fraction of sp³-hybridized carbons (Fsp3) is 0.429. The molecule has 0 aromatic heterocycles. The molecular weight excluding hydrogens is 246 g/mol. The molecule has 0 amide bonds. The van der Waals surface area contributed by atoms with Gasteiger partial charge in [-0.3, -0.25) is 10.1 Å². The van der Waals surface area contributed by atoms with Crippen molar-refractivity contribution < 1.29 is 14.4 Å². The summed E-state index contributed by atoms with van der Waals surface area (Å²) in [6, 6.07) is 6.70. The summed E-state index contributed by atoms with van der Waals surface area (Å²) in [5.41, 5.74) is 2.37. The van der Waals surface area contributed by atoms with Gasteiger partial charge in [-0.15, -0.1) is 0 Å². The number of nitro groups is 1. The predicted molar refractivity (Wildman–Crippen MR) is 69.6 cm³/mol. The predicted octanol–water partition coefficient (Wildman–Crippen LogP) is 2.91. The van der Waals surface area contributed by atoms with Gasteiger partial charge in [-0.25, -0.2) is 0 Å². The van der Waals surface area contributed by atoms with Gasteiger partial charge < -0.3 is 9.47 Å². The van der Waals surface area contributed by atoms with Crippen molar-refractivity contribution in [3.05, 3.63) is 46.0 Å². The average molecular weight is 261 g/mol. The standard InChI is InChI=1S/C14H15NO4/c16-15(17)13-3-1-11(2-4-13)12-5-7-14(8-6-12)18-9-10-19-14/h1-5H,6-10H2. The molecule has 1 aromatic rings. The van der Waals surface area contributed by atoms with Crippen LogP contribution >= 0.6 is 0 Å². The molecule has 1 aliphatic heterocycles. The minimum atomic E-state index is -0.412. The smallest absolute Gasteiger partial charge is 0.269 e. The molecule has 19 heavy (non-hydrogen) atoms. The number of allylic oxidation sites excluding steroid dienone is 1. The molecular formula is C14H15NO4. The quantitative estimate of drug-likeness (QED) is 0.606. The van der Waals surface area contributed by atoms with Crippen LogP contribution < -0.4 is 0 Å². The highest BCUT2D eigenvalue weighted by Gasteiger charge is 2.37. The Morgan fingerprint density at radius 3 is 2.37 bits per heavy atom. The molecule has 1 saturated heterocycles. The van der Waals surface area contributed by atoms with Gasteiger partial charge in [0.25, 0.3) is 5.69 Å². The fourth-order valence-electron chi connectivity index (χ4n) is 2.63. The van der Waals surface area contributed by atoms with E-state index in [2.05, 4.69) is 6.08 Å². The molecule has 0 saturated carbocycles. The van der Waals surface area contributed by atoms with Gasteiger partial charge in [0.2, 0.25) is 0 Å². The van der Waals surface area contributed by atoms with Crippen LogP contribution in [0, 0.1) is 10.1 Å². The summed E-state index contributed by atoms with van der Waals surface area (Å²) in [6.07, 6.45) is 4.59. The highest BCUT2D eigenvalue weighted by molar-refractivity contribution is 5.67. The number of benzene rings is 1. The highest BCUT2D eigenvalue weighted by atomic mass is 16.7. The van der Waals surface area contributed by atoms with Gasteiger partial charge in [0.05, 0.1) is 18.1 Å². The van der Waals surface area contributed by atoms with Crippen LogP contribution in [-0.2, 0) is 9.47 Å². The number of nitro benzene ring substituents is 1. The first kappa shape index (κ1) is 12.3. The lowest BCUT2D eigenvalue weighted by atomic mass is 9.90. The third-order valence-corrected chi connectivity index (χ3v) is 3.70. The topological polar surface area (TPSA) is 61.6 Å². The van der Waals surface area contributed by atoms with Crippen molar-refractivity contribution in [3.63, 3.8) is 0 Å². The molecule has 0 N–H and O–H groups in total. The van der Waals surface area contributed by atoms with Crippen LogP contribution in [0.25, 0.3) is 5.57 Å². The highest BCUT2D eigenvalue weighted by Crippen LogP contribution is 2.38. The van der Waals surface area contributed by atoms with Gasteiger partial charge in [-0.1, -0.05) is 6.08 Å². The van der Waals surface area contributed by atoms with Crippen molar-refractivity contribution in [2.75, 3.05) is 13.2 Å². The summed E-state index contributed by atoms with van der Waals surface area (Å²) < 4.78 is 11.3. The molecule has 0 bridgehead atoms. The Labute approximate surface area is 111 Å². The first-order chi connectivity index (χ1) is 9.19. The Bertz CT molecular complexity index is 515. The van der Waals surface area contributed by atoms with Gasteiger partial charge in [0.1, 0.15) is 0 Å². The molecule has 1 heterocycles. The van der Waals surface area contributed by atoms with E-state index in [4.69, 9.17) is 9.47 Å². The van der Waals surface area contributed by atoms with E-state index in [1.165, 1.54) is 5.57 Å². The zero-order valence-corrected chi connectivity index (χ0v) is 10.5. The maximum absolute atomic E-state index is 10.6. The van der Waals surface area contributed by atoms with Crippen molar-refractivity contribution in [1.29, 1.82) is 0 Å². The second kappa shape index (κ2) is 4.75. The van der Waals surface area contributed by atoms with E-state index in [1.807, 2.05) is 0 Å². The summed E-state index contributed by atoms with van der Waals surface area (Å²) in [7, 11) is 0. The van der Waals surface area contributed by atoms with E-state index in [1.54, 1.807) is 24.3 Å². The first-order valence-electron chi connectivity index (χ1n) is 6.40. The molecule has 100 valence electrons. The van der Waals surface area contributed by atoms with E-state index in [9.17, 15) is 10.1 Å². The summed E-state index contributed by atoms with van der Waals surface area (Å²) in [6.45, 7) is 1.33. The van der Waals surface area contributed by atoms with Crippen molar-refractivity contribution in [2.45, 2.75) is 25.0 Å². The zero-order valence-electron chi connectivity index (χ0n) is 10.5. The molecule has 0 radical (unpaired) electrons. The molecule has 0 unspecified atom stereocenters. The van der Waals surface area contributed by atoms with Gasteiger partial charge >= 0.3 is 0 Å². The van der Waals surface area contributed by atoms with Crippen LogP contribution in [0.3, 0.4) is 0 Å². The van der Waals surface area contributed by atoms with Crippen LogP contribution in [0.5, 0.6) is 0 Å². The minimum Gasteiger partial charge on any atom is -0.347 e. The summed E-state index contributed by atoms with van der Waals surface area (Å²) in [4.78, 5) is 10.2. The minimum absolute atomic E-state index is 0.124. The van der Waals surface area contributed by atoms with Gasteiger partial charge in [0, 0.05) is 25.0 Å². The van der Waals surface area contributed by atoms with Crippen molar-refractivity contribution in [1.82, 2.24) is 0 Å². The number of hydrogen-bond donors (Lipinski definition) is 0. The number of nitrogens with zero attached hydrogens (tertiary/aromatic N) is 1. The Kier molecular flexibility index (Phi) is 3.08. The van der Waals surface area contributed by atoms with Crippen LogP contribution in [0.15, 0.2) is 30.3 Å². The van der Waals surface area contributed by atoms with Gasteiger partial charge in [-0.2, -0.15) is 0 Å². The van der Waals surface area contributed by atoms with E-state index in [0.29, 0.717) is 13.2 Å². The van der Waals surface area contributed by atoms with Gasteiger partial charge in [0.15, 0.2) is 5.79 Å². The monoisotopic (exact) mass is 261 g/mol. The van der Waals surface area contributed by atoms with Gasteiger partial charge in [-0.05, 0) is 29.7 Å². The van der Waals surface area contributed by atoms with Crippen molar-refractivity contribution in [3.8, 4) is 0 Å². The lowest BCUT2D eigenvalue weighted by molar-refractivity contribution is -0.384. The molecule has 1 fully saturated rings. The third-order valence-electron chi connectivity index (χ3n) is 3.70. The van der Waals surface area contributed by atoms with Crippen molar-refractivity contribution >= 4 is 11.3 Å². The molecule has 2 aliphatic rings. The van der Waals surface area contributed by atoms with E-state index >= 15 is 0 Å². The lowest BCUT2D eigenvalue weighted by Gasteiger charge is -2.30. The van der Waals surface area contributed by atoms with Crippen LogP contribution in [0.2, 0.25) is 0 Å². The second-order valence-electron chi connectivity index (χ2n) is 4.85. The van der Waals surface area contributed by atoms with Crippen LogP contribution in [-0.4, -0.2) is 23.9 Å². The molecule has 0 atom stereocenters. The Balaban J connectivity index is 1.76. The number of rotatable bonds is 2. The number of non-ortho nitro benzene ring substituents is 1. The molecule has 1 aromatic carbocycles. The largest absolute Gasteiger partial charge is 0.347 e. The normalized spacial score (nSPS) is 21.4. The Morgan fingerprint density at radius 1 is 1.16 bits per heavy atom. The maximum atomic E-state index is 10.6. The van der Waals surface area contributed by atoms with Crippen LogP contribution in [0.1, 0.15) is 24.8 Å². The number of ether oxygens (including phenoxy) is 2.